The van der Waals surface area contributed by atoms with Gasteiger partial charge in [-0.05, 0) is 37.9 Å². The lowest BCUT2D eigenvalue weighted by atomic mass is 10.0. The minimum absolute atomic E-state index is 0.0596. The van der Waals surface area contributed by atoms with Crippen LogP contribution >= 0.6 is 0 Å². The Morgan fingerprint density at radius 2 is 1.58 bits per heavy atom. The van der Waals surface area contributed by atoms with Crippen molar-refractivity contribution in [2.75, 3.05) is 58.6 Å². The van der Waals surface area contributed by atoms with Crippen molar-refractivity contribution in [3.05, 3.63) is 35.9 Å². The van der Waals surface area contributed by atoms with Crippen molar-refractivity contribution in [3.63, 3.8) is 0 Å². The maximum absolute atomic E-state index is 12.9. The molecule has 0 unspecified atom stereocenters. The number of likely N-dealkylation sites (tertiary alicyclic amines) is 1. The van der Waals surface area contributed by atoms with Gasteiger partial charge < -0.3 is 9.80 Å². The number of amides is 2. The number of piperidine rings is 1. The highest BCUT2D eigenvalue weighted by Gasteiger charge is 2.31. The quantitative estimate of drug-likeness (QED) is 0.622. The molecule has 2 aliphatic rings. The lowest BCUT2D eigenvalue weighted by Gasteiger charge is -2.40. The van der Waals surface area contributed by atoms with Gasteiger partial charge in [-0.3, -0.25) is 14.5 Å². The largest absolute Gasteiger partial charge is 0.339 e. The van der Waals surface area contributed by atoms with Crippen molar-refractivity contribution in [1.82, 2.24) is 19.0 Å². The van der Waals surface area contributed by atoms with Crippen LogP contribution in [0.5, 0.6) is 0 Å². The monoisotopic (exact) mass is 450 g/mol. The molecule has 0 radical (unpaired) electrons. The molecular weight excluding hydrogens is 416 g/mol. The van der Waals surface area contributed by atoms with Crippen molar-refractivity contribution in [2.45, 2.75) is 32.2 Å². The van der Waals surface area contributed by atoms with Crippen LogP contribution in [-0.4, -0.2) is 104 Å². The van der Waals surface area contributed by atoms with Gasteiger partial charge in [0.1, 0.15) is 0 Å². The maximum atomic E-state index is 12.9. The summed E-state index contributed by atoms with van der Waals surface area (Å²) in [5, 5.41) is 0. The summed E-state index contributed by atoms with van der Waals surface area (Å²) in [6.45, 7) is 6.29. The molecule has 9 heteroatoms. The van der Waals surface area contributed by atoms with Crippen LogP contribution in [0.3, 0.4) is 0 Å². The zero-order valence-corrected chi connectivity index (χ0v) is 19.4. The summed E-state index contributed by atoms with van der Waals surface area (Å²) in [5.41, 5.74) is 0.717. The number of sulfonamides is 1. The highest BCUT2D eigenvalue weighted by molar-refractivity contribution is 7.88. The molecule has 1 aromatic carbocycles. The predicted octanol–water partition coefficient (Wildman–Crippen LogP) is 1.11. The van der Waals surface area contributed by atoms with Crippen LogP contribution in [0.15, 0.2) is 30.3 Å². The summed E-state index contributed by atoms with van der Waals surface area (Å²) in [5.74, 6) is 0.130. The van der Waals surface area contributed by atoms with Crippen LogP contribution in [0.2, 0.25) is 0 Å². The van der Waals surface area contributed by atoms with E-state index in [4.69, 9.17) is 0 Å². The van der Waals surface area contributed by atoms with E-state index in [9.17, 15) is 18.0 Å². The average Bonchev–Trinajstić information content (AvgIpc) is 2.78. The second-order valence-electron chi connectivity index (χ2n) is 8.40. The van der Waals surface area contributed by atoms with Gasteiger partial charge in [0.25, 0.3) is 5.91 Å². The number of hydrogen-bond donors (Lipinski definition) is 0. The second-order valence-corrected chi connectivity index (χ2v) is 10.4. The Kier molecular flexibility index (Phi) is 8.07. The minimum atomic E-state index is -3.20. The van der Waals surface area contributed by atoms with Crippen LogP contribution in [-0.2, 0) is 14.8 Å². The zero-order valence-electron chi connectivity index (χ0n) is 18.6. The van der Waals surface area contributed by atoms with E-state index in [0.29, 0.717) is 45.8 Å². The third-order valence-electron chi connectivity index (χ3n) is 6.20. The fourth-order valence-corrected chi connectivity index (χ4v) is 5.24. The summed E-state index contributed by atoms with van der Waals surface area (Å²) in [4.78, 5) is 31.5. The summed E-state index contributed by atoms with van der Waals surface area (Å²) in [6.07, 6.45) is 3.88. The Bertz CT molecular complexity index is 846. The number of carbonyl (C=O) groups is 2. The number of nitrogens with zero attached hydrogens (tertiary/aromatic N) is 4. The van der Waals surface area contributed by atoms with Gasteiger partial charge >= 0.3 is 0 Å². The molecule has 3 rings (SSSR count). The van der Waals surface area contributed by atoms with Crippen LogP contribution < -0.4 is 0 Å². The van der Waals surface area contributed by atoms with Crippen molar-refractivity contribution in [3.8, 4) is 0 Å². The van der Waals surface area contributed by atoms with E-state index in [0.717, 1.165) is 31.4 Å². The Morgan fingerprint density at radius 3 is 2.13 bits per heavy atom. The fraction of sp³-hybridized carbons (Fsp3) is 0.636. The molecule has 0 spiro atoms. The van der Waals surface area contributed by atoms with Crippen LogP contribution in [0.4, 0.5) is 0 Å². The highest BCUT2D eigenvalue weighted by Crippen LogP contribution is 2.19. The van der Waals surface area contributed by atoms with E-state index in [2.05, 4.69) is 11.8 Å². The average molecular weight is 451 g/mol. The third kappa shape index (κ3) is 6.27. The van der Waals surface area contributed by atoms with Gasteiger partial charge in [0.2, 0.25) is 15.9 Å². The molecule has 0 bridgehead atoms. The Labute approximate surface area is 185 Å². The standard InChI is InChI=1S/C22H34N4O4S/c1-3-11-25(18-21(27)23-14-16-26(17-15-23)31(2,29)30)20-9-12-24(13-10-20)22(28)19-7-5-4-6-8-19/h4-8,20H,3,9-18H2,1-2H3. The molecule has 2 fully saturated rings. The first-order valence-electron chi connectivity index (χ1n) is 11.1. The predicted molar refractivity (Wildman–Crippen MR) is 120 cm³/mol. The highest BCUT2D eigenvalue weighted by atomic mass is 32.2. The first-order chi connectivity index (χ1) is 14.8. The second kappa shape index (κ2) is 10.6. The fourth-order valence-electron chi connectivity index (χ4n) is 4.42. The number of carbonyl (C=O) groups excluding carboxylic acids is 2. The first kappa shape index (κ1) is 23.7. The van der Waals surface area contributed by atoms with E-state index in [1.807, 2.05) is 35.2 Å². The summed E-state index contributed by atoms with van der Waals surface area (Å²) in [6, 6.07) is 9.64. The minimum Gasteiger partial charge on any atom is -0.339 e. The lowest BCUT2D eigenvalue weighted by molar-refractivity contribution is -0.134. The van der Waals surface area contributed by atoms with Crippen molar-refractivity contribution >= 4 is 21.8 Å². The molecule has 172 valence electrons. The summed E-state index contributed by atoms with van der Waals surface area (Å²) >= 11 is 0. The third-order valence-corrected chi connectivity index (χ3v) is 7.50. The van der Waals surface area contributed by atoms with Gasteiger partial charge in [0, 0.05) is 50.9 Å². The topological polar surface area (TPSA) is 81.2 Å². The molecule has 1 aromatic rings. The molecule has 31 heavy (non-hydrogen) atoms. The molecule has 2 aliphatic heterocycles. The normalized spacial score (nSPS) is 19.1. The molecule has 0 N–H and O–H groups in total. The molecular formula is C22H34N4O4S. The van der Waals surface area contributed by atoms with Crippen LogP contribution in [0.25, 0.3) is 0 Å². The number of rotatable bonds is 7. The van der Waals surface area contributed by atoms with E-state index in [1.54, 1.807) is 4.90 Å². The Balaban J connectivity index is 1.52. The summed E-state index contributed by atoms with van der Waals surface area (Å²) in [7, 11) is -3.20. The molecule has 2 amide bonds. The van der Waals surface area contributed by atoms with Crippen molar-refractivity contribution < 1.29 is 18.0 Å². The Hall–Kier alpha value is -1.97. The van der Waals surface area contributed by atoms with Gasteiger partial charge in [-0.1, -0.05) is 25.1 Å². The molecule has 0 atom stereocenters. The van der Waals surface area contributed by atoms with E-state index in [-0.39, 0.29) is 17.9 Å². The molecule has 0 aliphatic carbocycles. The van der Waals surface area contributed by atoms with E-state index >= 15 is 0 Å². The zero-order chi connectivity index (χ0) is 22.4. The van der Waals surface area contributed by atoms with Crippen LogP contribution in [0.1, 0.15) is 36.5 Å². The molecule has 0 aromatic heterocycles. The molecule has 8 nitrogen and oxygen atoms in total. The summed E-state index contributed by atoms with van der Waals surface area (Å²) < 4.78 is 24.8. The van der Waals surface area contributed by atoms with Gasteiger partial charge in [0.15, 0.2) is 0 Å². The lowest BCUT2D eigenvalue weighted by Crippen LogP contribution is -2.54. The van der Waals surface area contributed by atoms with Gasteiger partial charge in [0.05, 0.1) is 12.8 Å². The van der Waals surface area contributed by atoms with Gasteiger partial charge in [-0.15, -0.1) is 0 Å². The van der Waals surface area contributed by atoms with Crippen molar-refractivity contribution in [2.24, 2.45) is 0 Å². The van der Waals surface area contributed by atoms with Crippen LogP contribution in [0, 0.1) is 0 Å². The smallest absolute Gasteiger partial charge is 0.253 e. The van der Waals surface area contributed by atoms with E-state index < -0.39 is 10.0 Å². The van der Waals surface area contributed by atoms with Gasteiger partial charge in [-0.2, -0.15) is 4.31 Å². The van der Waals surface area contributed by atoms with Gasteiger partial charge in [-0.25, -0.2) is 8.42 Å². The first-order valence-corrected chi connectivity index (χ1v) is 13.0. The number of benzene rings is 1. The Morgan fingerprint density at radius 1 is 0.968 bits per heavy atom. The van der Waals surface area contributed by atoms with E-state index in [1.165, 1.54) is 10.6 Å². The number of piperazine rings is 1. The molecule has 2 saturated heterocycles. The molecule has 0 saturated carbocycles. The van der Waals surface area contributed by atoms with Crippen molar-refractivity contribution in [1.29, 1.82) is 0 Å². The number of hydrogen-bond acceptors (Lipinski definition) is 5. The SMILES string of the molecule is CCCN(CC(=O)N1CCN(S(C)(=O)=O)CC1)C1CCN(C(=O)c2ccccc2)CC1. The maximum Gasteiger partial charge on any atom is 0.253 e. The molecule has 2 heterocycles.